The van der Waals surface area contributed by atoms with E-state index in [0.717, 1.165) is 23.1 Å². The minimum Gasteiger partial charge on any atom is -0.352 e. The van der Waals surface area contributed by atoms with E-state index in [1.165, 1.54) is 12.8 Å². The fourth-order valence-electron chi connectivity index (χ4n) is 2.75. The first kappa shape index (κ1) is 15.5. The maximum atomic E-state index is 12.0. The van der Waals surface area contributed by atoms with Crippen LogP contribution in [0, 0.1) is 11.8 Å². The summed E-state index contributed by atoms with van der Waals surface area (Å²) >= 11 is 3.41. The van der Waals surface area contributed by atoms with Gasteiger partial charge in [-0.05, 0) is 55.5 Å². The van der Waals surface area contributed by atoms with Crippen molar-refractivity contribution in [2.24, 2.45) is 11.8 Å². The molecular weight excluding hydrogens is 316 g/mol. The van der Waals surface area contributed by atoms with E-state index < -0.39 is 0 Å². The molecule has 1 aliphatic heterocycles. The van der Waals surface area contributed by atoms with Gasteiger partial charge in [-0.25, -0.2) is 0 Å². The first-order chi connectivity index (χ1) is 9.65. The Morgan fingerprint density at radius 1 is 1.35 bits per heavy atom. The minimum atomic E-state index is 0.166. The lowest BCUT2D eigenvalue weighted by atomic mass is 9.84. The Hall–Kier alpha value is -0.870. The van der Waals surface area contributed by atoms with Crippen LogP contribution in [0.15, 0.2) is 28.7 Å². The molecule has 2 N–H and O–H groups in total. The van der Waals surface area contributed by atoms with Crippen LogP contribution in [0.4, 0.5) is 0 Å². The highest BCUT2D eigenvalue weighted by Gasteiger charge is 2.21. The SMILES string of the molecule is CC(CC(=O)NCc1ccc(Br)cc1)C1CCNCC1. The van der Waals surface area contributed by atoms with E-state index in [1.54, 1.807) is 0 Å². The number of rotatable bonds is 5. The molecule has 1 fully saturated rings. The van der Waals surface area contributed by atoms with Crippen molar-refractivity contribution < 1.29 is 4.79 Å². The van der Waals surface area contributed by atoms with Crippen LogP contribution in [0.25, 0.3) is 0 Å². The zero-order valence-corrected chi connectivity index (χ0v) is 13.6. The van der Waals surface area contributed by atoms with Crippen molar-refractivity contribution in [3.8, 4) is 0 Å². The Morgan fingerprint density at radius 3 is 2.65 bits per heavy atom. The summed E-state index contributed by atoms with van der Waals surface area (Å²) in [6.07, 6.45) is 3.03. The van der Waals surface area contributed by atoms with Gasteiger partial charge in [0, 0.05) is 17.4 Å². The van der Waals surface area contributed by atoms with Crippen LogP contribution < -0.4 is 10.6 Å². The summed E-state index contributed by atoms with van der Waals surface area (Å²) in [5.41, 5.74) is 1.14. The maximum absolute atomic E-state index is 12.0. The number of benzene rings is 1. The smallest absolute Gasteiger partial charge is 0.220 e. The molecule has 0 aromatic heterocycles. The van der Waals surface area contributed by atoms with Gasteiger partial charge in [0.2, 0.25) is 5.91 Å². The molecular formula is C16H23BrN2O. The van der Waals surface area contributed by atoms with Gasteiger partial charge >= 0.3 is 0 Å². The molecule has 110 valence electrons. The van der Waals surface area contributed by atoms with Crippen LogP contribution in [-0.2, 0) is 11.3 Å². The predicted molar refractivity (Wildman–Crippen MR) is 85.4 cm³/mol. The number of hydrogen-bond donors (Lipinski definition) is 2. The van der Waals surface area contributed by atoms with Gasteiger partial charge in [-0.1, -0.05) is 35.0 Å². The molecule has 1 unspecified atom stereocenters. The van der Waals surface area contributed by atoms with E-state index in [0.29, 0.717) is 24.8 Å². The van der Waals surface area contributed by atoms with Crippen LogP contribution in [0.5, 0.6) is 0 Å². The fourth-order valence-corrected chi connectivity index (χ4v) is 3.01. The van der Waals surface area contributed by atoms with Gasteiger partial charge in [-0.15, -0.1) is 0 Å². The highest BCUT2D eigenvalue weighted by atomic mass is 79.9. The molecule has 20 heavy (non-hydrogen) atoms. The van der Waals surface area contributed by atoms with Crippen molar-refractivity contribution in [3.05, 3.63) is 34.3 Å². The Labute approximate surface area is 129 Å². The van der Waals surface area contributed by atoms with Crippen LogP contribution >= 0.6 is 15.9 Å². The second-order valence-corrected chi connectivity index (χ2v) is 6.59. The Kier molecular flexibility index (Phi) is 6.05. The molecule has 1 aromatic rings. The fraction of sp³-hybridized carbons (Fsp3) is 0.562. The average molecular weight is 339 g/mol. The Bertz CT molecular complexity index is 427. The molecule has 1 heterocycles. The second kappa shape index (κ2) is 7.79. The standard InChI is InChI=1S/C16H23BrN2O/c1-12(14-6-8-18-9-7-14)10-16(20)19-11-13-2-4-15(17)5-3-13/h2-5,12,14,18H,6-11H2,1H3,(H,19,20). The molecule has 1 atom stereocenters. The summed E-state index contributed by atoms with van der Waals surface area (Å²) in [6, 6.07) is 8.06. The van der Waals surface area contributed by atoms with Gasteiger partial charge in [0.15, 0.2) is 0 Å². The van der Waals surface area contributed by atoms with Gasteiger partial charge in [0.1, 0.15) is 0 Å². The third-order valence-electron chi connectivity index (χ3n) is 4.10. The molecule has 1 saturated heterocycles. The number of amides is 1. The molecule has 1 aliphatic rings. The molecule has 0 aliphatic carbocycles. The normalized spacial score (nSPS) is 17.7. The number of piperidine rings is 1. The number of hydrogen-bond acceptors (Lipinski definition) is 2. The van der Waals surface area contributed by atoms with Crippen molar-refractivity contribution in [2.75, 3.05) is 13.1 Å². The highest BCUT2D eigenvalue weighted by molar-refractivity contribution is 9.10. The van der Waals surface area contributed by atoms with Crippen molar-refractivity contribution in [3.63, 3.8) is 0 Å². The zero-order valence-electron chi connectivity index (χ0n) is 12.0. The molecule has 0 saturated carbocycles. The third-order valence-corrected chi connectivity index (χ3v) is 4.63. The van der Waals surface area contributed by atoms with Crippen molar-refractivity contribution in [1.82, 2.24) is 10.6 Å². The summed E-state index contributed by atoms with van der Waals surface area (Å²) in [7, 11) is 0. The second-order valence-electron chi connectivity index (χ2n) is 5.67. The van der Waals surface area contributed by atoms with Crippen LogP contribution in [0.2, 0.25) is 0 Å². The molecule has 1 aromatic carbocycles. The van der Waals surface area contributed by atoms with E-state index >= 15 is 0 Å². The predicted octanol–water partition coefficient (Wildman–Crippen LogP) is 3.09. The van der Waals surface area contributed by atoms with Gasteiger partial charge in [-0.2, -0.15) is 0 Å². The lowest BCUT2D eigenvalue weighted by molar-refractivity contribution is -0.122. The van der Waals surface area contributed by atoms with E-state index in [-0.39, 0.29) is 5.91 Å². The highest BCUT2D eigenvalue weighted by Crippen LogP contribution is 2.24. The van der Waals surface area contributed by atoms with Gasteiger partial charge < -0.3 is 10.6 Å². The maximum Gasteiger partial charge on any atom is 0.220 e. The Balaban J connectivity index is 1.73. The van der Waals surface area contributed by atoms with Crippen molar-refractivity contribution >= 4 is 21.8 Å². The quantitative estimate of drug-likeness (QED) is 0.866. The van der Waals surface area contributed by atoms with E-state index in [9.17, 15) is 4.79 Å². The largest absolute Gasteiger partial charge is 0.352 e. The van der Waals surface area contributed by atoms with Gasteiger partial charge in [0.25, 0.3) is 0 Å². The Morgan fingerprint density at radius 2 is 2.00 bits per heavy atom. The first-order valence-electron chi connectivity index (χ1n) is 7.37. The molecule has 0 spiro atoms. The molecule has 0 radical (unpaired) electrons. The number of nitrogens with one attached hydrogen (secondary N) is 2. The number of carbonyl (C=O) groups excluding carboxylic acids is 1. The lowest BCUT2D eigenvalue weighted by Gasteiger charge is -2.27. The average Bonchev–Trinajstić information content (AvgIpc) is 2.47. The third kappa shape index (κ3) is 4.91. The molecule has 3 nitrogen and oxygen atoms in total. The number of carbonyl (C=O) groups is 1. The summed E-state index contributed by atoms with van der Waals surface area (Å²) < 4.78 is 1.06. The van der Waals surface area contributed by atoms with Crippen molar-refractivity contribution in [2.45, 2.75) is 32.7 Å². The molecule has 2 rings (SSSR count). The van der Waals surface area contributed by atoms with E-state index in [1.807, 2.05) is 24.3 Å². The molecule has 0 bridgehead atoms. The van der Waals surface area contributed by atoms with E-state index in [4.69, 9.17) is 0 Å². The van der Waals surface area contributed by atoms with Gasteiger partial charge in [-0.3, -0.25) is 4.79 Å². The van der Waals surface area contributed by atoms with E-state index in [2.05, 4.69) is 33.5 Å². The monoisotopic (exact) mass is 338 g/mol. The zero-order chi connectivity index (χ0) is 14.4. The number of halogens is 1. The summed E-state index contributed by atoms with van der Waals surface area (Å²) in [4.78, 5) is 12.0. The summed E-state index contributed by atoms with van der Waals surface area (Å²) in [6.45, 7) is 5.01. The van der Waals surface area contributed by atoms with Crippen LogP contribution in [0.1, 0.15) is 31.7 Å². The summed E-state index contributed by atoms with van der Waals surface area (Å²) in [5.74, 6) is 1.33. The topological polar surface area (TPSA) is 41.1 Å². The molecule has 1 amide bonds. The van der Waals surface area contributed by atoms with Gasteiger partial charge in [0.05, 0.1) is 0 Å². The van der Waals surface area contributed by atoms with Crippen molar-refractivity contribution in [1.29, 1.82) is 0 Å². The lowest BCUT2D eigenvalue weighted by Crippen LogP contribution is -2.33. The van der Waals surface area contributed by atoms with Crippen LogP contribution in [-0.4, -0.2) is 19.0 Å². The minimum absolute atomic E-state index is 0.166. The molecule has 4 heteroatoms. The van der Waals surface area contributed by atoms with Crippen LogP contribution in [0.3, 0.4) is 0 Å². The first-order valence-corrected chi connectivity index (χ1v) is 8.16. The summed E-state index contributed by atoms with van der Waals surface area (Å²) in [5, 5.41) is 6.39.